The number of imide groups is 1. The maximum Gasteiger partial charge on any atom is 0.293 e. The van der Waals surface area contributed by atoms with E-state index in [4.69, 9.17) is 0 Å². The third-order valence-electron chi connectivity index (χ3n) is 5.21. The summed E-state index contributed by atoms with van der Waals surface area (Å²) in [6.07, 6.45) is 4.49. The fourth-order valence-electron chi connectivity index (χ4n) is 4.14. The van der Waals surface area contributed by atoms with E-state index >= 15 is 0 Å². The van der Waals surface area contributed by atoms with Crippen LogP contribution in [0.2, 0.25) is 0 Å². The Labute approximate surface area is 159 Å². The molecule has 5 heteroatoms. The maximum absolute atomic E-state index is 12.4. The van der Waals surface area contributed by atoms with Crippen LogP contribution in [0.15, 0.2) is 35.8 Å². The molecule has 1 atom stereocenters. The van der Waals surface area contributed by atoms with Crippen molar-refractivity contribution in [3.05, 3.63) is 46.9 Å². The number of nitrogens with zero attached hydrogens (tertiary/aromatic N) is 2. The summed E-state index contributed by atoms with van der Waals surface area (Å²) in [6, 6.07) is 6.35. The van der Waals surface area contributed by atoms with Crippen LogP contribution in [0, 0.1) is 0 Å². The maximum atomic E-state index is 12.4. The predicted molar refractivity (Wildman–Crippen MR) is 109 cm³/mol. The largest absolute Gasteiger partial charge is 0.366 e. The number of rotatable bonds is 4. The lowest BCUT2D eigenvalue weighted by Gasteiger charge is -2.47. The molecule has 4 nitrogen and oxygen atoms in total. The number of fused-ring (bicyclic) bond motifs is 1. The van der Waals surface area contributed by atoms with Gasteiger partial charge >= 0.3 is 0 Å². The second kappa shape index (κ2) is 6.95. The highest BCUT2D eigenvalue weighted by molar-refractivity contribution is 8.18. The number of benzene rings is 1. The third kappa shape index (κ3) is 3.20. The third-order valence-corrected chi connectivity index (χ3v) is 6.12. The summed E-state index contributed by atoms with van der Waals surface area (Å²) in [5.74, 6) is 0.217. The predicted octanol–water partition coefficient (Wildman–Crippen LogP) is 5.02. The molecular formula is C21H26N2O2S. The smallest absolute Gasteiger partial charge is 0.293 e. The highest BCUT2D eigenvalue weighted by Gasteiger charge is 2.36. The molecule has 0 radical (unpaired) electrons. The van der Waals surface area contributed by atoms with E-state index < -0.39 is 0 Å². The van der Waals surface area contributed by atoms with Crippen molar-refractivity contribution in [2.45, 2.75) is 45.6 Å². The van der Waals surface area contributed by atoms with Crippen LogP contribution in [0.5, 0.6) is 0 Å². The van der Waals surface area contributed by atoms with E-state index in [1.807, 2.05) is 12.1 Å². The molecule has 0 aromatic heterocycles. The normalized spacial score (nSPS) is 23.5. The van der Waals surface area contributed by atoms with Crippen LogP contribution in [0.4, 0.5) is 10.5 Å². The fourth-order valence-corrected chi connectivity index (χ4v) is 4.98. The zero-order valence-electron chi connectivity index (χ0n) is 15.9. The molecule has 0 spiro atoms. The lowest BCUT2D eigenvalue weighted by molar-refractivity contribution is -0.122. The van der Waals surface area contributed by atoms with Crippen LogP contribution < -0.4 is 4.90 Å². The summed E-state index contributed by atoms with van der Waals surface area (Å²) in [5, 5.41) is -0.230. The Morgan fingerprint density at radius 2 is 2.08 bits per heavy atom. The van der Waals surface area contributed by atoms with Gasteiger partial charge < -0.3 is 4.90 Å². The molecule has 0 aliphatic carbocycles. The van der Waals surface area contributed by atoms with E-state index in [9.17, 15) is 9.59 Å². The van der Waals surface area contributed by atoms with E-state index in [1.54, 1.807) is 6.08 Å². The van der Waals surface area contributed by atoms with Gasteiger partial charge in [-0.15, -0.1) is 6.58 Å². The van der Waals surface area contributed by atoms with Crippen molar-refractivity contribution in [3.8, 4) is 0 Å². The molecule has 2 aliphatic rings. The van der Waals surface area contributed by atoms with Crippen molar-refractivity contribution in [1.82, 2.24) is 4.90 Å². The van der Waals surface area contributed by atoms with E-state index in [-0.39, 0.29) is 23.2 Å². The van der Waals surface area contributed by atoms with Gasteiger partial charge in [0.1, 0.15) is 0 Å². The minimum atomic E-state index is -0.234. The van der Waals surface area contributed by atoms with Gasteiger partial charge in [-0.05, 0) is 74.2 Å². The second-order valence-corrected chi connectivity index (χ2v) is 8.55. The molecular weight excluding hydrogens is 344 g/mol. The van der Waals surface area contributed by atoms with Crippen LogP contribution in [0.25, 0.3) is 6.08 Å². The van der Waals surface area contributed by atoms with Gasteiger partial charge in [0.05, 0.1) is 4.91 Å². The SMILES string of the molecule is C=CCN1C(=O)S/C(=C/c2ccc3c(c2)C(C)CC(C)(C)N3CC)C1=O. The molecule has 1 aromatic rings. The lowest BCUT2D eigenvalue weighted by atomic mass is 9.79. The summed E-state index contributed by atoms with van der Waals surface area (Å²) >= 11 is 1.000. The number of hydrogen-bond acceptors (Lipinski definition) is 4. The second-order valence-electron chi connectivity index (χ2n) is 7.56. The topological polar surface area (TPSA) is 40.6 Å². The Kier molecular flexibility index (Phi) is 5.02. The summed E-state index contributed by atoms with van der Waals surface area (Å²) < 4.78 is 0. The van der Waals surface area contributed by atoms with E-state index in [0.29, 0.717) is 10.8 Å². The van der Waals surface area contributed by atoms with Gasteiger partial charge in [-0.25, -0.2) is 0 Å². The number of carbonyl (C=O) groups excluding carboxylic acids is 2. The number of anilines is 1. The molecule has 138 valence electrons. The number of amides is 2. The van der Waals surface area contributed by atoms with E-state index in [0.717, 1.165) is 30.3 Å². The summed E-state index contributed by atoms with van der Waals surface area (Å²) in [6.45, 7) is 13.9. The van der Waals surface area contributed by atoms with Crippen molar-refractivity contribution in [3.63, 3.8) is 0 Å². The Morgan fingerprint density at radius 1 is 1.35 bits per heavy atom. The van der Waals surface area contributed by atoms with Gasteiger partial charge in [0.25, 0.3) is 11.1 Å². The van der Waals surface area contributed by atoms with Crippen LogP contribution in [-0.2, 0) is 4.79 Å². The standard InChI is InChI=1S/C21H26N2O2S/c1-6-10-22-19(24)18(26-20(22)25)12-15-8-9-17-16(11-15)14(3)13-21(4,5)23(17)7-2/h6,8-9,11-12,14H,1,7,10,13H2,2-5H3/b18-12+. The molecule has 0 bridgehead atoms. The van der Waals surface area contributed by atoms with Crippen LogP contribution in [-0.4, -0.2) is 34.7 Å². The first kappa shape index (κ1) is 18.8. The molecule has 1 saturated heterocycles. The average molecular weight is 371 g/mol. The van der Waals surface area contributed by atoms with Crippen molar-refractivity contribution in [2.24, 2.45) is 0 Å². The number of thioether (sulfide) groups is 1. The quantitative estimate of drug-likeness (QED) is 0.551. The highest BCUT2D eigenvalue weighted by Crippen LogP contribution is 2.44. The van der Waals surface area contributed by atoms with Crippen molar-refractivity contribution < 1.29 is 9.59 Å². The molecule has 2 amide bonds. The van der Waals surface area contributed by atoms with E-state index in [1.165, 1.54) is 16.2 Å². The Bertz CT molecular complexity index is 797. The first-order chi connectivity index (χ1) is 12.3. The lowest BCUT2D eigenvalue weighted by Crippen LogP contribution is -2.48. The minimum Gasteiger partial charge on any atom is -0.366 e. The Balaban J connectivity index is 1.95. The van der Waals surface area contributed by atoms with Gasteiger partial charge in [0, 0.05) is 24.3 Å². The summed E-state index contributed by atoms with van der Waals surface area (Å²) in [7, 11) is 0. The zero-order chi connectivity index (χ0) is 19.1. The van der Waals surface area contributed by atoms with Crippen molar-refractivity contribution >= 4 is 34.7 Å². The molecule has 0 saturated carbocycles. The van der Waals surface area contributed by atoms with Gasteiger partial charge in [-0.1, -0.05) is 19.1 Å². The van der Waals surface area contributed by atoms with Gasteiger partial charge in [-0.3, -0.25) is 14.5 Å². The molecule has 2 aliphatic heterocycles. The number of hydrogen-bond donors (Lipinski definition) is 0. The van der Waals surface area contributed by atoms with Crippen LogP contribution in [0.1, 0.15) is 51.2 Å². The average Bonchev–Trinajstić information content (AvgIpc) is 2.83. The minimum absolute atomic E-state index is 0.135. The molecule has 3 rings (SSSR count). The van der Waals surface area contributed by atoms with Crippen molar-refractivity contribution in [2.75, 3.05) is 18.0 Å². The molecule has 1 unspecified atom stereocenters. The monoisotopic (exact) mass is 370 g/mol. The number of carbonyl (C=O) groups is 2. The van der Waals surface area contributed by atoms with Gasteiger partial charge in [0.2, 0.25) is 0 Å². The Hall–Kier alpha value is -2.01. The van der Waals surface area contributed by atoms with Crippen LogP contribution >= 0.6 is 11.8 Å². The van der Waals surface area contributed by atoms with Crippen molar-refractivity contribution in [1.29, 1.82) is 0 Å². The van der Waals surface area contributed by atoms with Gasteiger partial charge in [-0.2, -0.15) is 0 Å². The van der Waals surface area contributed by atoms with E-state index in [2.05, 4.69) is 51.3 Å². The highest BCUT2D eigenvalue weighted by atomic mass is 32.2. The first-order valence-electron chi connectivity index (χ1n) is 9.06. The molecule has 1 aromatic carbocycles. The molecule has 1 fully saturated rings. The Morgan fingerprint density at radius 3 is 2.73 bits per heavy atom. The first-order valence-corrected chi connectivity index (χ1v) is 9.88. The zero-order valence-corrected chi connectivity index (χ0v) is 16.7. The summed E-state index contributed by atoms with van der Waals surface area (Å²) in [5.41, 5.74) is 3.68. The summed E-state index contributed by atoms with van der Waals surface area (Å²) in [4.78, 5) is 28.5. The fraction of sp³-hybridized carbons (Fsp3) is 0.429. The molecule has 2 heterocycles. The molecule has 0 N–H and O–H groups in total. The van der Waals surface area contributed by atoms with Crippen LogP contribution in [0.3, 0.4) is 0 Å². The molecule has 26 heavy (non-hydrogen) atoms. The van der Waals surface area contributed by atoms with Gasteiger partial charge in [0.15, 0.2) is 0 Å².